The molecular weight excluding hydrogens is 371 g/mol. The maximum atomic E-state index is 13.5. The summed E-state index contributed by atoms with van der Waals surface area (Å²) in [6.45, 7) is 2.64. The SMILES string of the molecule is CCn1c(=NC(=O)c2ccc(Cc3ccccc3)cc2)sc2cc(F)ccc21. The molecule has 4 aromatic rings. The predicted octanol–water partition coefficient (Wildman–Crippen LogP) is 5.19. The molecule has 0 unspecified atom stereocenters. The zero-order valence-electron chi connectivity index (χ0n) is 15.4. The Bertz CT molecular complexity index is 1190. The Hall–Kier alpha value is -3.05. The molecule has 140 valence electrons. The van der Waals surface area contributed by atoms with E-state index in [0.29, 0.717) is 16.9 Å². The molecule has 1 aromatic heterocycles. The second-order valence-electron chi connectivity index (χ2n) is 6.52. The molecule has 1 heterocycles. The summed E-state index contributed by atoms with van der Waals surface area (Å²) in [5.74, 6) is -0.579. The molecule has 0 bridgehead atoms. The van der Waals surface area contributed by atoms with Crippen LogP contribution in [0, 0.1) is 5.82 Å². The summed E-state index contributed by atoms with van der Waals surface area (Å²) in [6, 6.07) is 22.4. The number of hydrogen-bond donors (Lipinski definition) is 0. The molecule has 0 aliphatic heterocycles. The van der Waals surface area contributed by atoms with Gasteiger partial charge in [-0.1, -0.05) is 53.8 Å². The number of aryl methyl sites for hydroxylation is 1. The number of fused-ring (bicyclic) bond motifs is 1. The molecular formula is C23H19FN2OS. The minimum atomic E-state index is -0.291. The van der Waals surface area contributed by atoms with Gasteiger partial charge in [-0.15, -0.1) is 0 Å². The van der Waals surface area contributed by atoms with E-state index < -0.39 is 0 Å². The smallest absolute Gasteiger partial charge is 0.279 e. The molecule has 0 aliphatic rings. The number of carbonyl (C=O) groups excluding carboxylic acids is 1. The third-order valence-electron chi connectivity index (χ3n) is 4.61. The van der Waals surface area contributed by atoms with Gasteiger partial charge in [0, 0.05) is 12.1 Å². The monoisotopic (exact) mass is 390 g/mol. The topological polar surface area (TPSA) is 34.4 Å². The number of amides is 1. The van der Waals surface area contributed by atoms with E-state index in [0.717, 1.165) is 22.2 Å². The summed E-state index contributed by atoms with van der Waals surface area (Å²) in [7, 11) is 0. The van der Waals surface area contributed by atoms with Crippen LogP contribution in [0.15, 0.2) is 77.8 Å². The molecule has 0 N–H and O–H groups in total. The first-order chi connectivity index (χ1) is 13.6. The number of rotatable bonds is 4. The Kier molecular flexibility index (Phi) is 5.17. The molecule has 0 fully saturated rings. The van der Waals surface area contributed by atoms with Crippen LogP contribution in [0.1, 0.15) is 28.4 Å². The lowest BCUT2D eigenvalue weighted by Crippen LogP contribution is -2.15. The molecule has 0 saturated carbocycles. The summed E-state index contributed by atoms with van der Waals surface area (Å²) >= 11 is 1.33. The standard InChI is InChI=1S/C23H19FN2OS/c1-2-26-20-13-12-19(24)15-21(20)28-23(26)25-22(27)18-10-8-17(9-11-18)14-16-6-4-3-5-7-16/h3-13,15H,2,14H2,1H3. The zero-order chi connectivity index (χ0) is 19.5. The fourth-order valence-corrected chi connectivity index (χ4v) is 4.30. The predicted molar refractivity (Wildman–Crippen MR) is 111 cm³/mol. The van der Waals surface area contributed by atoms with Crippen LogP contribution in [0.5, 0.6) is 0 Å². The van der Waals surface area contributed by atoms with Crippen molar-refractivity contribution < 1.29 is 9.18 Å². The molecule has 0 atom stereocenters. The van der Waals surface area contributed by atoms with Crippen molar-refractivity contribution >= 4 is 27.5 Å². The molecule has 5 heteroatoms. The highest BCUT2D eigenvalue weighted by atomic mass is 32.1. The average Bonchev–Trinajstić information content (AvgIpc) is 3.05. The van der Waals surface area contributed by atoms with Crippen LogP contribution in [-0.4, -0.2) is 10.5 Å². The van der Waals surface area contributed by atoms with Gasteiger partial charge < -0.3 is 4.57 Å². The van der Waals surface area contributed by atoms with Crippen molar-refractivity contribution in [1.29, 1.82) is 0 Å². The van der Waals surface area contributed by atoms with Crippen molar-refractivity contribution in [3.05, 3.63) is 100 Å². The summed E-state index contributed by atoms with van der Waals surface area (Å²) in [6.07, 6.45) is 0.824. The minimum absolute atomic E-state index is 0.288. The van der Waals surface area contributed by atoms with Gasteiger partial charge in [0.15, 0.2) is 4.80 Å². The largest absolute Gasteiger partial charge is 0.317 e. The lowest BCUT2D eigenvalue weighted by Gasteiger charge is -2.03. The molecule has 4 rings (SSSR count). The first kappa shape index (κ1) is 18.3. The fraction of sp³-hybridized carbons (Fsp3) is 0.130. The Morgan fingerprint density at radius 2 is 1.71 bits per heavy atom. The van der Waals surface area contributed by atoms with Crippen molar-refractivity contribution in [3.8, 4) is 0 Å². The maximum absolute atomic E-state index is 13.5. The number of benzene rings is 3. The van der Waals surface area contributed by atoms with Crippen molar-refractivity contribution in [2.75, 3.05) is 0 Å². The van der Waals surface area contributed by atoms with Gasteiger partial charge in [-0.2, -0.15) is 4.99 Å². The van der Waals surface area contributed by atoms with Crippen LogP contribution in [0.4, 0.5) is 4.39 Å². The van der Waals surface area contributed by atoms with Gasteiger partial charge in [-0.05, 0) is 54.8 Å². The molecule has 0 radical (unpaired) electrons. The summed E-state index contributed by atoms with van der Waals surface area (Å²) < 4.78 is 16.2. The Morgan fingerprint density at radius 1 is 1.00 bits per heavy atom. The summed E-state index contributed by atoms with van der Waals surface area (Å²) in [5.41, 5.74) is 3.80. The van der Waals surface area contributed by atoms with Crippen molar-refractivity contribution in [3.63, 3.8) is 0 Å². The average molecular weight is 390 g/mol. The van der Waals surface area contributed by atoms with Gasteiger partial charge in [-0.25, -0.2) is 4.39 Å². The highest BCUT2D eigenvalue weighted by molar-refractivity contribution is 7.16. The Labute approximate surface area is 166 Å². The molecule has 1 amide bonds. The minimum Gasteiger partial charge on any atom is -0.317 e. The molecule has 28 heavy (non-hydrogen) atoms. The van der Waals surface area contributed by atoms with E-state index in [1.54, 1.807) is 6.07 Å². The first-order valence-electron chi connectivity index (χ1n) is 9.15. The lowest BCUT2D eigenvalue weighted by atomic mass is 10.0. The second-order valence-corrected chi connectivity index (χ2v) is 7.53. The van der Waals surface area contributed by atoms with Crippen molar-refractivity contribution in [2.24, 2.45) is 4.99 Å². The fourth-order valence-electron chi connectivity index (χ4n) is 3.19. The molecule has 0 spiro atoms. The van der Waals surface area contributed by atoms with E-state index in [1.165, 1.54) is 29.0 Å². The number of aromatic nitrogens is 1. The number of halogens is 1. The molecule has 0 saturated heterocycles. The number of thiazole rings is 1. The number of nitrogens with zero attached hydrogens (tertiary/aromatic N) is 2. The van der Waals surface area contributed by atoms with Gasteiger partial charge in [0.05, 0.1) is 10.2 Å². The van der Waals surface area contributed by atoms with Crippen molar-refractivity contribution in [1.82, 2.24) is 4.57 Å². The van der Waals surface area contributed by atoms with E-state index in [1.807, 2.05) is 54.0 Å². The molecule has 3 aromatic carbocycles. The van der Waals surface area contributed by atoms with Gasteiger partial charge >= 0.3 is 0 Å². The number of carbonyl (C=O) groups is 1. The van der Waals surface area contributed by atoms with Crippen LogP contribution < -0.4 is 4.80 Å². The van der Waals surface area contributed by atoms with Gasteiger partial charge in [0.1, 0.15) is 5.82 Å². The highest BCUT2D eigenvalue weighted by Gasteiger charge is 2.09. The molecule has 3 nitrogen and oxygen atoms in total. The van der Waals surface area contributed by atoms with Crippen LogP contribution in [0.3, 0.4) is 0 Å². The van der Waals surface area contributed by atoms with Crippen LogP contribution in [0.25, 0.3) is 10.2 Å². The lowest BCUT2D eigenvalue weighted by molar-refractivity contribution is 0.0998. The van der Waals surface area contributed by atoms with E-state index in [9.17, 15) is 9.18 Å². The van der Waals surface area contributed by atoms with E-state index >= 15 is 0 Å². The number of hydrogen-bond acceptors (Lipinski definition) is 2. The maximum Gasteiger partial charge on any atom is 0.279 e. The van der Waals surface area contributed by atoms with E-state index in [4.69, 9.17) is 0 Å². The Morgan fingerprint density at radius 3 is 2.43 bits per heavy atom. The first-order valence-corrected chi connectivity index (χ1v) is 9.96. The van der Waals surface area contributed by atoms with E-state index in [2.05, 4.69) is 17.1 Å². The molecule has 0 aliphatic carbocycles. The highest BCUT2D eigenvalue weighted by Crippen LogP contribution is 2.19. The third-order valence-corrected chi connectivity index (χ3v) is 5.65. The van der Waals surface area contributed by atoms with Gasteiger partial charge in [0.25, 0.3) is 5.91 Å². The van der Waals surface area contributed by atoms with Crippen LogP contribution in [-0.2, 0) is 13.0 Å². The normalized spacial score (nSPS) is 11.9. The van der Waals surface area contributed by atoms with Gasteiger partial charge in [0.2, 0.25) is 0 Å². The zero-order valence-corrected chi connectivity index (χ0v) is 16.2. The summed E-state index contributed by atoms with van der Waals surface area (Å²) in [5, 5.41) is 0. The van der Waals surface area contributed by atoms with Crippen LogP contribution >= 0.6 is 11.3 Å². The third kappa shape index (κ3) is 3.80. The Balaban J connectivity index is 1.62. The van der Waals surface area contributed by atoms with E-state index in [-0.39, 0.29) is 11.7 Å². The van der Waals surface area contributed by atoms with Crippen molar-refractivity contribution in [2.45, 2.75) is 19.9 Å². The van der Waals surface area contributed by atoms with Crippen LogP contribution in [0.2, 0.25) is 0 Å². The van der Waals surface area contributed by atoms with Gasteiger partial charge in [-0.3, -0.25) is 4.79 Å². The second kappa shape index (κ2) is 7.90. The summed E-state index contributed by atoms with van der Waals surface area (Å²) in [4.78, 5) is 17.5. The quantitative estimate of drug-likeness (QED) is 0.472.